The van der Waals surface area contributed by atoms with Crippen molar-refractivity contribution in [3.63, 3.8) is 0 Å². The monoisotopic (exact) mass is 267 g/mol. The normalized spacial score (nSPS) is 37.9. The number of pyridine rings is 1. The molecule has 5 rings (SSSR count). The molecule has 1 heterocycles. The van der Waals surface area contributed by atoms with Crippen molar-refractivity contribution in [2.45, 2.75) is 44.9 Å². The Kier molecular flexibility index (Phi) is 2.57. The van der Waals surface area contributed by atoms with E-state index in [9.17, 15) is 5.26 Å². The highest BCUT2D eigenvalue weighted by atomic mass is 14.8. The summed E-state index contributed by atoms with van der Waals surface area (Å²) in [5.74, 6) is 4.61. The maximum absolute atomic E-state index is 9.21. The summed E-state index contributed by atoms with van der Waals surface area (Å²) in [6.07, 6.45) is 7.04. The molecule has 0 atom stereocenters. The molecule has 4 aliphatic rings. The predicted octanol–water partition coefficient (Wildman–Crippen LogP) is 3.38. The van der Waals surface area contributed by atoms with Gasteiger partial charge in [0, 0.05) is 5.69 Å². The Morgan fingerprint density at radius 1 is 1.15 bits per heavy atom. The molecule has 0 spiro atoms. The molecule has 0 saturated heterocycles. The number of aryl methyl sites for hydroxylation is 1. The molecule has 4 saturated carbocycles. The van der Waals surface area contributed by atoms with E-state index in [0.717, 1.165) is 29.4 Å². The third-order valence-electron chi connectivity index (χ3n) is 5.99. The van der Waals surface area contributed by atoms with Crippen LogP contribution in [0.2, 0.25) is 0 Å². The molecule has 20 heavy (non-hydrogen) atoms. The third kappa shape index (κ3) is 1.67. The summed E-state index contributed by atoms with van der Waals surface area (Å²) in [6.45, 7) is 2.05. The number of anilines is 1. The quantitative estimate of drug-likeness (QED) is 0.848. The van der Waals surface area contributed by atoms with Gasteiger partial charge in [0.25, 0.3) is 0 Å². The van der Waals surface area contributed by atoms with E-state index in [2.05, 4.69) is 18.0 Å². The largest absolute Gasteiger partial charge is 0.383 e. The highest BCUT2D eigenvalue weighted by molar-refractivity contribution is 5.52. The lowest BCUT2D eigenvalue weighted by molar-refractivity contribution is -0.00310. The maximum atomic E-state index is 9.21. The zero-order chi connectivity index (χ0) is 13.9. The number of nitrogen functional groups attached to an aromatic ring is 1. The molecule has 0 radical (unpaired) electrons. The van der Waals surface area contributed by atoms with Gasteiger partial charge in [-0.15, -0.1) is 0 Å². The molecule has 4 fully saturated rings. The van der Waals surface area contributed by atoms with Crippen molar-refractivity contribution < 1.29 is 0 Å². The fourth-order valence-corrected chi connectivity index (χ4v) is 5.50. The molecular formula is C17H21N3. The lowest BCUT2D eigenvalue weighted by Crippen LogP contribution is -2.44. The maximum Gasteiger partial charge on any atom is 0.141 e. The molecule has 4 aliphatic carbocycles. The Bertz CT molecular complexity index is 571. The molecule has 3 nitrogen and oxygen atoms in total. The average molecular weight is 267 g/mol. The van der Waals surface area contributed by atoms with Gasteiger partial charge in [0.1, 0.15) is 11.9 Å². The fourth-order valence-electron chi connectivity index (χ4n) is 5.50. The topological polar surface area (TPSA) is 62.7 Å². The van der Waals surface area contributed by atoms with Crippen LogP contribution in [0, 0.1) is 41.9 Å². The van der Waals surface area contributed by atoms with Gasteiger partial charge in [0.2, 0.25) is 0 Å². The van der Waals surface area contributed by atoms with Crippen LogP contribution in [0.3, 0.4) is 0 Å². The number of hydrogen-bond donors (Lipinski definition) is 1. The summed E-state index contributed by atoms with van der Waals surface area (Å²) in [5, 5.41) is 9.21. The van der Waals surface area contributed by atoms with E-state index < -0.39 is 0 Å². The fraction of sp³-hybridized carbons (Fsp3) is 0.647. The second-order valence-electron chi connectivity index (χ2n) is 7.16. The van der Waals surface area contributed by atoms with Crippen LogP contribution in [0.25, 0.3) is 0 Å². The summed E-state index contributed by atoms with van der Waals surface area (Å²) < 4.78 is 0. The molecule has 3 heteroatoms. The van der Waals surface area contributed by atoms with Crippen LogP contribution < -0.4 is 5.73 Å². The number of hydrogen-bond acceptors (Lipinski definition) is 3. The Labute approximate surface area is 120 Å². The number of rotatable bonds is 1. The SMILES string of the molecule is Cc1nc(N)c(C#N)cc1C1C2CC3CC(C2)CC1C3. The van der Waals surface area contributed by atoms with E-state index >= 15 is 0 Å². The summed E-state index contributed by atoms with van der Waals surface area (Å²) in [5.41, 5.74) is 8.75. The molecule has 0 aromatic carbocycles. The summed E-state index contributed by atoms with van der Waals surface area (Å²) in [6, 6.07) is 4.23. The minimum absolute atomic E-state index is 0.387. The van der Waals surface area contributed by atoms with E-state index in [1.54, 1.807) is 0 Å². The first-order valence-corrected chi connectivity index (χ1v) is 7.82. The van der Waals surface area contributed by atoms with Gasteiger partial charge in [-0.3, -0.25) is 0 Å². The van der Waals surface area contributed by atoms with Gasteiger partial charge in [-0.2, -0.15) is 5.26 Å². The highest BCUT2D eigenvalue weighted by Crippen LogP contribution is 2.60. The number of nitrogens with two attached hydrogens (primary N) is 1. The predicted molar refractivity (Wildman–Crippen MR) is 77.9 cm³/mol. The van der Waals surface area contributed by atoms with Gasteiger partial charge in [-0.1, -0.05) is 0 Å². The number of nitrogens with zero attached hydrogens (tertiary/aromatic N) is 2. The van der Waals surface area contributed by atoms with Gasteiger partial charge in [0.05, 0.1) is 5.56 Å². The molecule has 0 unspecified atom stereocenters. The van der Waals surface area contributed by atoms with E-state index in [-0.39, 0.29) is 0 Å². The number of nitriles is 1. The lowest BCUT2D eigenvalue weighted by atomic mass is 9.50. The van der Waals surface area contributed by atoms with Crippen molar-refractivity contribution in [1.29, 1.82) is 5.26 Å². The highest BCUT2D eigenvalue weighted by Gasteiger charge is 2.49. The van der Waals surface area contributed by atoms with Crippen LogP contribution in [0.5, 0.6) is 0 Å². The van der Waals surface area contributed by atoms with Crippen molar-refractivity contribution in [3.8, 4) is 6.07 Å². The molecule has 2 N–H and O–H groups in total. The van der Waals surface area contributed by atoms with E-state index in [1.165, 1.54) is 37.7 Å². The standard InChI is InChI=1S/C17H21N3/c1-9-15(7-14(8-18)17(19)20-9)16-12-3-10-2-11(5-12)6-13(16)4-10/h7,10-13,16H,2-6H2,1H3,(H2,19,20). The second-order valence-corrected chi connectivity index (χ2v) is 7.16. The van der Waals surface area contributed by atoms with Gasteiger partial charge < -0.3 is 5.73 Å². The average Bonchev–Trinajstić information content (AvgIpc) is 2.39. The summed E-state index contributed by atoms with van der Waals surface area (Å²) >= 11 is 0. The van der Waals surface area contributed by atoms with Crippen molar-refractivity contribution in [2.24, 2.45) is 23.7 Å². The first-order chi connectivity index (χ1) is 9.65. The Hall–Kier alpha value is -1.56. The van der Waals surface area contributed by atoms with Crippen molar-refractivity contribution in [2.75, 3.05) is 5.73 Å². The molecular weight excluding hydrogens is 246 g/mol. The van der Waals surface area contributed by atoms with Crippen LogP contribution in [-0.4, -0.2) is 4.98 Å². The van der Waals surface area contributed by atoms with Crippen LogP contribution in [0.4, 0.5) is 5.82 Å². The van der Waals surface area contributed by atoms with Crippen LogP contribution in [0.15, 0.2) is 6.07 Å². The second kappa shape index (κ2) is 4.22. The van der Waals surface area contributed by atoms with Gasteiger partial charge >= 0.3 is 0 Å². The van der Waals surface area contributed by atoms with Gasteiger partial charge in [-0.05, 0) is 80.2 Å². The molecule has 0 amide bonds. The minimum Gasteiger partial charge on any atom is -0.383 e. The van der Waals surface area contributed by atoms with Crippen molar-refractivity contribution >= 4 is 5.82 Å². The van der Waals surface area contributed by atoms with E-state index in [4.69, 9.17) is 5.73 Å². The van der Waals surface area contributed by atoms with Crippen LogP contribution >= 0.6 is 0 Å². The molecule has 104 valence electrons. The van der Waals surface area contributed by atoms with E-state index in [0.29, 0.717) is 17.3 Å². The molecule has 1 aromatic heterocycles. The van der Waals surface area contributed by atoms with Crippen molar-refractivity contribution in [3.05, 3.63) is 22.9 Å². The zero-order valence-electron chi connectivity index (χ0n) is 12.0. The molecule has 0 aliphatic heterocycles. The Morgan fingerprint density at radius 3 is 2.30 bits per heavy atom. The summed E-state index contributed by atoms with van der Waals surface area (Å²) in [4.78, 5) is 4.43. The van der Waals surface area contributed by atoms with E-state index in [1.807, 2.05) is 6.07 Å². The molecule has 4 bridgehead atoms. The first kappa shape index (κ1) is 12.2. The molecule has 1 aromatic rings. The number of aromatic nitrogens is 1. The summed E-state index contributed by atoms with van der Waals surface area (Å²) in [7, 11) is 0. The third-order valence-corrected chi connectivity index (χ3v) is 5.99. The van der Waals surface area contributed by atoms with Crippen molar-refractivity contribution in [1.82, 2.24) is 4.98 Å². The zero-order valence-corrected chi connectivity index (χ0v) is 12.0. The smallest absolute Gasteiger partial charge is 0.141 e. The Morgan fingerprint density at radius 2 is 1.75 bits per heavy atom. The lowest BCUT2D eigenvalue weighted by Gasteiger charge is -2.54. The Balaban J connectivity index is 1.76. The van der Waals surface area contributed by atoms with Crippen LogP contribution in [-0.2, 0) is 0 Å². The van der Waals surface area contributed by atoms with Gasteiger partial charge in [0.15, 0.2) is 0 Å². The first-order valence-electron chi connectivity index (χ1n) is 7.82. The van der Waals surface area contributed by atoms with Crippen LogP contribution in [0.1, 0.15) is 54.8 Å². The van der Waals surface area contributed by atoms with Gasteiger partial charge in [-0.25, -0.2) is 4.98 Å². The minimum atomic E-state index is 0.387.